The van der Waals surface area contributed by atoms with E-state index in [4.69, 9.17) is 11.0 Å². The first-order valence-corrected chi connectivity index (χ1v) is 5.55. The number of nitrogen functional groups attached to an aromatic ring is 1. The zero-order valence-corrected chi connectivity index (χ0v) is 10.1. The van der Waals surface area contributed by atoms with Gasteiger partial charge in [0.05, 0.1) is 11.6 Å². The van der Waals surface area contributed by atoms with Crippen LogP contribution in [-0.4, -0.2) is 6.36 Å². The van der Waals surface area contributed by atoms with Crippen molar-refractivity contribution in [3.63, 3.8) is 0 Å². The monoisotopic (exact) mass is 278 g/mol. The van der Waals surface area contributed by atoms with E-state index in [2.05, 4.69) is 4.74 Å². The quantitative estimate of drug-likeness (QED) is 0.852. The summed E-state index contributed by atoms with van der Waals surface area (Å²) in [5, 5.41) is 8.85. The Kier molecular flexibility index (Phi) is 3.53. The topological polar surface area (TPSA) is 59.0 Å². The van der Waals surface area contributed by atoms with Crippen LogP contribution in [0, 0.1) is 11.3 Å². The van der Waals surface area contributed by atoms with E-state index in [0.717, 1.165) is 0 Å². The molecule has 2 rings (SSSR count). The lowest BCUT2D eigenvalue weighted by molar-refractivity contribution is -0.274. The number of nitriles is 1. The maximum Gasteiger partial charge on any atom is 0.573 e. The summed E-state index contributed by atoms with van der Waals surface area (Å²) in [7, 11) is 0. The van der Waals surface area contributed by atoms with Crippen LogP contribution in [0.4, 0.5) is 18.9 Å². The highest BCUT2D eigenvalue weighted by Gasteiger charge is 2.32. The van der Waals surface area contributed by atoms with Crippen molar-refractivity contribution in [1.29, 1.82) is 5.26 Å². The molecule has 20 heavy (non-hydrogen) atoms. The van der Waals surface area contributed by atoms with Gasteiger partial charge in [0, 0.05) is 16.8 Å². The first kappa shape index (κ1) is 13.7. The number of anilines is 1. The standard InChI is InChI=1S/C14H9F3N2O/c15-14(16,17)20-13-4-2-1-3-10(13)11-7-9(8-18)5-6-12(11)19/h1-7H,19H2. The van der Waals surface area contributed by atoms with Crippen LogP contribution < -0.4 is 10.5 Å². The summed E-state index contributed by atoms with van der Waals surface area (Å²) in [6.45, 7) is 0. The molecule has 0 saturated carbocycles. The van der Waals surface area contributed by atoms with Crippen LogP contribution in [0.3, 0.4) is 0 Å². The third-order valence-electron chi connectivity index (χ3n) is 2.59. The predicted molar refractivity (Wildman–Crippen MR) is 67.7 cm³/mol. The molecule has 6 heteroatoms. The Morgan fingerprint density at radius 3 is 2.40 bits per heavy atom. The fraction of sp³-hybridized carbons (Fsp3) is 0.0714. The van der Waals surface area contributed by atoms with Gasteiger partial charge >= 0.3 is 6.36 Å². The number of hydrogen-bond acceptors (Lipinski definition) is 3. The Hall–Kier alpha value is -2.68. The maximum atomic E-state index is 12.4. The Balaban J connectivity index is 2.56. The zero-order valence-electron chi connectivity index (χ0n) is 10.1. The lowest BCUT2D eigenvalue weighted by atomic mass is 10.0. The molecule has 0 radical (unpaired) electrons. The molecule has 0 bridgehead atoms. The third-order valence-corrected chi connectivity index (χ3v) is 2.59. The van der Waals surface area contributed by atoms with Crippen molar-refractivity contribution in [2.75, 3.05) is 5.73 Å². The van der Waals surface area contributed by atoms with E-state index in [-0.39, 0.29) is 17.0 Å². The van der Waals surface area contributed by atoms with E-state index in [1.807, 2.05) is 6.07 Å². The minimum Gasteiger partial charge on any atom is -0.405 e. The fourth-order valence-electron chi connectivity index (χ4n) is 1.76. The van der Waals surface area contributed by atoms with Gasteiger partial charge in [-0.3, -0.25) is 0 Å². The first-order valence-electron chi connectivity index (χ1n) is 5.55. The van der Waals surface area contributed by atoms with Gasteiger partial charge in [0.1, 0.15) is 5.75 Å². The number of para-hydroxylation sites is 1. The second-order valence-electron chi connectivity index (χ2n) is 3.96. The number of benzene rings is 2. The average Bonchev–Trinajstić information content (AvgIpc) is 2.38. The number of halogens is 3. The number of ether oxygens (including phenoxy) is 1. The molecule has 2 aromatic rings. The molecule has 0 aromatic heterocycles. The molecule has 102 valence electrons. The zero-order chi connectivity index (χ0) is 14.8. The number of rotatable bonds is 2. The molecular weight excluding hydrogens is 269 g/mol. The summed E-state index contributed by atoms with van der Waals surface area (Å²) in [4.78, 5) is 0. The van der Waals surface area contributed by atoms with Crippen LogP contribution in [0.25, 0.3) is 11.1 Å². The van der Waals surface area contributed by atoms with Crippen molar-refractivity contribution in [3.8, 4) is 22.9 Å². The molecular formula is C14H9F3N2O. The minimum atomic E-state index is -4.79. The fourth-order valence-corrected chi connectivity index (χ4v) is 1.76. The highest BCUT2D eigenvalue weighted by molar-refractivity contribution is 5.81. The summed E-state index contributed by atoms with van der Waals surface area (Å²) >= 11 is 0. The van der Waals surface area contributed by atoms with Gasteiger partial charge in [-0.1, -0.05) is 18.2 Å². The van der Waals surface area contributed by atoms with Crippen molar-refractivity contribution in [2.24, 2.45) is 0 Å². The summed E-state index contributed by atoms with van der Waals surface area (Å²) in [6.07, 6.45) is -4.79. The van der Waals surface area contributed by atoms with E-state index in [9.17, 15) is 13.2 Å². The van der Waals surface area contributed by atoms with Crippen LogP contribution in [-0.2, 0) is 0 Å². The highest BCUT2D eigenvalue weighted by atomic mass is 19.4. The van der Waals surface area contributed by atoms with Crippen molar-refractivity contribution in [1.82, 2.24) is 0 Å². The van der Waals surface area contributed by atoms with Crippen molar-refractivity contribution >= 4 is 5.69 Å². The minimum absolute atomic E-state index is 0.180. The highest BCUT2D eigenvalue weighted by Crippen LogP contribution is 2.36. The van der Waals surface area contributed by atoms with Gasteiger partial charge in [0.2, 0.25) is 0 Å². The maximum absolute atomic E-state index is 12.4. The molecule has 0 spiro atoms. The summed E-state index contributed by atoms with van der Waals surface area (Å²) in [5.41, 5.74) is 6.83. The van der Waals surface area contributed by atoms with Gasteiger partial charge in [-0.15, -0.1) is 13.2 Å². The molecule has 0 fully saturated rings. The van der Waals surface area contributed by atoms with Crippen LogP contribution >= 0.6 is 0 Å². The summed E-state index contributed by atoms with van der Waals surface area (Å²) in [6, 6.07) is 11.9. The lowest BCUT2D eigenvalue weighted by Crippen LogP contribution is -2.17. The van der Waals surface area contributed by atoms with Gasteiger partial charge in [-0.2, -0.15) is 5.26 Å². The number of alkyl halides is 3. The van der Waals surface area contributed by atoms with E-state index < -0.39 is 6.36 Å². The molecule has 2 N–H and O–H groups in total. The molecule has 0 saturated heterocycles. The third kappa shape index (κ3) is 3.01. The molecule has 0 amide bonds. The Labute approximate surface area is 113 Å². The molecule has 0 aliphatic heterocycles. The van der Waals surface area contributed by atoms with Gasteiger partial charge in [0.25, 0.3) is 0 Å². The molecule has 0 aliphatic rings. The Morgan fingerprint density at radius 2 is 1.75 bits per heavy atom. The molecule has 2 aromatic carbocycles. The van der Waals surface area contributed by atoms with Gasteiger partial charge in [-0.05, 0) is 24.3 Å². The molecule has 0 aliphatic carbocycles. The second-order valence-corrected chi connectivity index (χ2v) is 3.96. The summed E-state index contributed by atoms with van der Waals surface area (Å²) < 4.78 is 41.1. The lowest BCUT2D eigenvalue weighted by Gasteiger charge is -2.14. The van der Waals surface area contributed by atoms with E-state index >= 15 is 0 Å². The van der Waals surface area contributed by atoms with Crippen LogP contribution in [0.15, 0.2) is 42.5 Å². The Morgan fingerprint density at radius 1 is 1.05 bits per heavy atom. The smallest absolute Gasteiger partial charge is 0.405 e. The van der Waals surface area contributed by atoms with Gasteiger partial charge < -0.3 is 10.5 Å². The first-order chi connectivity index (χ1) is 9.40. The predicted octanol–water partition coefficient (Wildman–Crippen LogP) is 3.71. The van der Waals surface area contributed by atoms with E-state index in [0.29, 0.717) is 11.1 Å². The van der Waals surface area contributed by atoms with E-state index in [1.165, 1.54) is 36.4 Å². The van der Waals surface area contributed by atoms with Crippen molar-refractivity contribution < 1.29 is 17.9 Å². The Bertz CT molecular complexity index is 675. The van der Waals surface area contributed by atoms with Gasteiger partial charge in [0.15, 0.2) is 0 Å². The van der Waals surface area contributed by atoms with Crippen LogP contribution in [0.1, 0.15) is 5.56 Å². The van der Waals surface area contributed by atoms with Crippen molar-refractivity contribution in [2.45, 2.75) is 6.36 Å². The summed E-state index contributed by atoms with van der Waals surface area (Å²) in [5.74, 6) is -0.359. The number of hydrogen-bond donors (Lipinski definition) is 1. The molecule has 0 heterocycles. The second kappa shape index (κ2) is 5.13. The SMILES string of the molecule is N#Cc1ccc(N)c(-c2ccccc2OC(F)(F)F)c1. The largest absolute Gasteiger partial charge is 0.573 e. The normalized spacial score (nSPS) is 10.9. The van der Waals surface area contributed by atoms with Crippen molar-refractivity contribution in [3.05, 3.63) is 48.0 Å². The molecule has 3 nitrogen and oxygen atoms in total. The van der Waals surface area contributed by atoms with Gasteiger partial charge in [-0.25, -0.2) is 0 Å². The average molecular weight is 278 g/mol. The number of nitrogens with two attached hydrogens (primary N) is 1. The molecule has 0 atom stereocenters. The van der Waals surface area contributed by atoms with Crippen LogP contribution in [0.5, 0.6) is 5.75 Å². The molecule has 0 unspecified atom stereocenters. The van der Waals surface area contributed by atoms with E-state index in [1.54, 1.807) is 6.07 Å². The number of nitrogens with zero attached hydrogens (tertiary/aromatic N) is 1. The van der Waals surface area contributed by atoms with Crippen LogP contribution in [0.2, 0.25) is 0 Å².